The van der Waals surface area contributed by atoms with Gasteiger partial charge < -0.3 is 16.4 Å². The molecule has 0 aromatic heterocycles. The number of nitrogens with two attached hydrogens (primary N) is 1. The van der Waals surface area contributed by atoms with Crippen molar-refractivity contribution in [2.45, 2.75) is 13.3 Å². The third-order valence-electron chi connectivity index (χ3n) is 2.17. The minimum Gasteiger partial charge on any atom is -0.352 e. The number of benzene rings is 1. The zero-order valence-electron chi connectivity index (χ0n) is 9.82. The zero-order chi connectivity index (χ0) is 12.7. The standard InChI is InChI=1S/C12H17N3O2/c1-2-7-14-12(17)9-5-3-4-6-10(9)15-11(16)8-13/h3-6H,2,7-8,13H2,1H3,(H,14,17)(H,15,16). The van der Waals surface area contributed by atoms with Crippen LogP contribution in [0.1, 0.15) is 23.7 Å². The second-order valence-electron chi connectivity index (χ2n) is 3.55. The predicted molar refractivity (Wildman–Crippen MR) is 66.8 cm³/mol. The average Bonchev–Trinajstić information content (AvgIpc) is 2.36. The van der Waals surface area contributed by atoms with Gasteiger partial charge >= 0.3 is 0 Å². The van der Waals surface area contributed by atoms with Crippen LogP contribution in [0.2, 0.25) is 0 Å². The molecule has 0 atom stereocenters. The summed E-state index contributed by atoms with van der Waals surface area (Å²) in [5.74, 6) is -0.513. The molecular weight excluding hydrogens is 218 g/mol. The number of para-hydroxylation sites is 1. The number of amides is 2. The lowest BCUT2D eigenvalue weighted by Crippen LogP contribution is -2.27. The molecule has 92 valence electrons. The first kappa shape index (κ1) is 13.2. The van der Waals surface area contributed by atoms with Gasteiger partial charge in [-0.3, -0.25) is 9.59 Å². The monoisotopic (exact) mass is 235 g/mol. The van der Waals surface area contributed by atoms with Crippen LogP contribution in [0.25, 0.3) is 0 Å². The molecule has 0 heterocycles. The van der Waals surface area contributed by atoms with Gasteiger partial charge in [-0.05, 0) is 18.6 Å². The van der Waals surface area contributed by atoms with Crippen molar-refractivity contribution in [3.05, 3.63) is 29.8 Å². The van der Waals surface area contributed by atoms with Gasteiger partial charge in [-0.1, -0.05) is 19.1 Å². The maximum Gasteiger partial charge on any atom is 0.253 e. The first-order valence-corrected chi connectivity index (χ1v) is 5.56. The lowest BCUT2D eigenvalue weighted by Gasteiger charge is -2.10. The molecule has 4 N–H and O–H groups in total. The minimum absolute atomic E-state index is 0.106. The van der Waals surface area contributed by atoms with Crippen molar-refractivity contribution in [2.75, 3.05) is 18.4 Å². The molecule has 0 saturated carbocycles. The van der Waals surface area contributed by atoms with Crippen LogP contribution in [0.4, 0.5) is 5.69 Å². The second kappa shape index (κ2) is 6.65. The summed E-state index contributed by atoms with van der Waals surface area (Å²) in [6.45, 7) is 2.48. The van der Waals surface area contributed by atoms with E-state index in [0.717, 1.165) is 6.42 Å². The van der Waals surface area contributed by atoms with Gasteiger partial charge in [0.25, 0.3) is 5.91 Å². The number of carbonyl (C=O) groups is 2. The van der Waals surface area contributed by atoms with Gasteiger partial charge in [0, 0.05) is 6.54 Å². The Kier molecular flexibility index (Phi) is 5.16. The second-order valence-corrected chi connectivity index (χ2v) is 3.55. The molecule has 0 aliphatic heterocycles. The Hall–Kier alpha value is -1.88. The fraction of sp³-hybridized carbons (Fsp3) is 0.333. The smallest absolute Gasteiger partial charge is 0.253 e. The van der Waals surface area contributed by atoms with Gasteiger partial charge in [0.05, 0.1) is 17.8 Å². The molecule has 2 amide bonds. The Balaban J connectivity index is 2.83. The van der Waals surface area contributed by atoms with E-state index in [1.54, 1.807) is 24.3 Å². The number of nitrogens with one attached hydrogen (secondary N) is 2. The van der Waals surface area contributed by atoms with E-state index in [4.69, 9.17) is 5.73 Å². The third kappa shape index (κ3) is 3.88. The molecule has 5 nitrogen and oxygen atoms in total. The highest BCUT2D eigenvalue weighted by Gasteiger charge is 2.11. The Bertz CT molecular complexity index is 404. The van der Waals surface area contributed by atoms with E-state index in [1.807, 2.05) is 6.92 Å². The molecule has 0 aliphatic carbocycles. The van der Waals surface area contributed by atoms with Crippen LogP contribution >= 0.6 is 0 Å². The summed E-state index contributed by atoms with van der Waals surface area (Å²) in [6, 6.07) is 6.84. The van der Waals surface area contributed by atoms with E-state index < -0.39 is 0 Å². The van der Waals surface area contributed by atoms with E-state index >= 15 is 0 Å². The van der Waals surface area contributed by atoms with Crippen molar-refractivity contribution in [3.63, 3.8) is 0 Å². The Morgan fingerprint density at radius 1 is 1.29 bits per heavy atom. The molecule has 17 heavy (non-hydrogen) atoms. The van der Waals surface area contributed by atoms with Crippen molar-refractivity contribution in [2.24, 2.45) is 5.73 Å². The Morgan fingerprint density at radius 2 is 2.00 bits per heavy atom. The van der Waals surface area contributed by atoms with Gasteiger partial charge in [0.15, 0.2) is 0 Å². The molecule has 0 saturated heterocycles. The fourth-order valence-electron chi connectivity index (χ4n) is 1.33. The van der Waals surface area contributed by atoms with Gasteiger partial charge in [-0.2, -0.15) is 0 Å². The quantitative estimate of drug-likeness (QED) is 0.703. The maximum absolute atomic E-state index is 11.8. The summed E-state index contributed by atoms with van der Waals surface area (Å²) in [4.78, 5) is 23.0. The lowest BCUT2D eigenvalue weighted by molar-refractivity contribution is -0.114. The highest BCUT2D eigenvalue weighted by Crippen LogP contribution is 2.14. The Morgan fingerprint density at radius 3 is 2.65 bits per heavy atom. The van der Waals surface area contributed by atoms with Crippen LogP contribution in [0.5, 0.6) is 0 Å². The summed E-state index contributed by atoms with van der Waals surface area (Å²) in [5.41, 5.74) is 6.14. The van der Waals surface area contributed by atoms with Crippen molar-refractivity contribution in [1.29, 1.82) is 0 Å². The molecule has 1 rings (SSSR count). The Labute approximate surface area is 100 Å². The molecule has 0 bridgehead atoms. The molecule has 5 heteroatoms. The topological polar surface area (TPSA) is 84.2 Å². The lowest BCUT2D eigenvalue weighted by atomic mass is 10.1. The van der Waals surface area contributed by atoms with E-state index in [-0.39, 0.29) is 18.4 Å². The fourth-order valence-corrected chi connectivity index (χ4v) is 1.33. The van der Waals surface area contributed by atoms with E-state index in [2.05, 4.69) is 10.6 Å². The van der Waals surface area contributed by atoms with Crippen LogP contribution in [0, 0.1) is 0 Å². The van der Waals surface area contributed by atoms with E-state index in [1.165, 1.54) is 0 Å². The highest BCUT2D eigenvalue weighted by molar-refractivity contribution is 6.04. The van der Waals surface area contributed by atoms with Gasteiger partial charge in [-0.25, -0.2) is 0 Å². The normalized spacial score (nSPS) is 9.76. The van der Waals surface area contributed by atoms with Gasteiger partial charge in [0.2, 0.25) is 5.91 Å². The van der Waals surface area contributed by atoms with Crippen LogP contribution < -0.4 is 16.4 Å². The van der Waals surface area contributed by atoms with Gasteiger partial charge in [-0.15, -0.1) is 0 Å². The number of anilines is 1. The number of hydrogen-bond acceptors (Lipinski definition) is 3. The number of hydrogen-bond donors (Lipinski definition) is 3. The minimum atomic E-state index is -0.319. The predicted octanol–water partition coefficient (Wildman–Crippen LogP) is 0.724. The number of carbonyl (C=O) groups excluding carboxylic acids is 2. The largest absolute Gasteiger partial charge is 0.352 e. The molecule has 0 fully saturated rings. The molecule has 0 aliphatic rings. The maximum atomic E-state index is 11.8. The first-order valence-electron chi connectivity index (χ1n) is 5.56. The summed E-state index contributed by atoms with van der Waals surface area (Å²) >= 11 is 0. The van der Waals surface area contributed by atoms with E-state index in [0.29, 0.717) is 17.8 Å². The average molecular weight is 235 g/mol. The van der Waals surface area contributed by atoms with E-state index in [9.17, 15) is 9.59 Å². The van der Waals surface area contributed by atoms with Crippen LogP contribution in [0.3, 0.4) is 0 Å². The molecule has 0 radical (unpaired) electrons. The van der Waals surface area contributed by atoms with Crippen LogP contribution in [0.15, 0.2) is 24.3 Å². The molecular formula is C12H17N3O2. The highest BCUT2D eigenvalue weighted by atomic mass is 16.2. The van der Waals surface area contributed by atoms with Crippen molar-refractivity contribution in [1.82, 2.24) is 5.32 Å². The SMILES string of the molecule is CCCNC(=O)c1ccccc1NC(=O)CN. The molecule has 1 aromatic rings. The van der Waals surface area contributed by atoms with Crippen molar-refractivity contribution < 1.29 is 9.59 Å². The summed E-state index contributed by atoms with van der Waals surface area (Å²) in [5, 5.41) is 5.35. The van der Waals surface area contributed by atoms with Crippen molar-refractivity contribution in [3.8, 4) is 0 Å². The third-order valence-corrected chi connectivity index (χ3v) is 2.17. The zero-order valence-corrected chi connectivity index (χ0v) is 9.82. The van der Waals surface area contributed by atoms with Crippen LogP contribution in [-0.2, 0) is 4.79 Å². The summed E-state index contributed by atoms with van der Waals surface area (Å²) in [6.07, 6.45) is 0.864. The summed E-state index contributed by atoms with van der Waals surface area (Å²) in [7, 11) is 0. The van der Waals surface area contributed by atoms with Crippen LogP contribution in [-0.4, -0.2) is 24.9 Å². The molecule has 1 aromatic carbocycles. The van der Waals surface area contributed by atoms with Crippen molar-refractivity contribution >= 4 is 17.5 Å². The number of rotatable bonds is 5. The summed E-state index contributed by atoms with van der Waals surface area (Å²) < 4.78 is 0. The first-order chi connectivity index (χ1) is 8.19. The molecule has 0 unspecified atom stereocenters. The molecule has 0 spiro atoms. The van der Waals surface area contributed by atoms with Gasteiger partial charge in [0.1, 0.15) is 0 Å².